The standard InChI is InChI=1S/C19H14F3N3/c1-2-9-23-16-10-17-14(6-3-13-4-7-15(20)8-5-13)12-25(19(21)22)18(17)24-11-16/h2,4-5,7-8,10-12,19,23H,1,9H2. The van der Waals surface area contributed by atoms with Gasteiger partial charge in [0.05, 0.1) is 17.4 Å². The molecule has 126 valence electrons. The average molecular weight is 341 g/mol. The normalized spacial score (nSPS) is 10.6. The number of halogens is 3. The molecule has 1 N–H and O–H groups in total. The summed E-state index contributed by atoms with van der Waals surface area (Å²) in [4.78, 5) is 4.11. The van der Waals surface area contributed by atoms with Gasteiger partial charge in [-0.1, -0.05) is 17.9 Å². The fraction of sp³-hybridized carbons (Fsp3) is 0.105. The maximum absolute atomic E-state index is 13.2. The number of nitrogens with one attached hydrogen (secondary N) is 1. The lowest BCUT2D eigenvalue weighted by atomic mass is 10.2. The van der Waals surface area contributed by atoms with Gasteiger partial charge in [-0.25, -0.2) is 9.37 Å². The fourth-order valence-corrected chi connectivity index (χ4v) is 2.34. The highest BCUT2D eigenvalue weighted by molar-refractivity contribution is 5.86. The summed E-state index contributed by atoms with van der Waals surface area (Å²) >= 11 is 0. The Morgan fingerprint density at radius 1 is 1.24 bits per heavy atom. The van der Waals surface area contributed by atoms with Gasteiger partial charge < -0.3 is 5.32 Å². The molecule has 3 aromatic rings. The lowest BCUT2D eigenvalue weighted by Gasteiger charge is -2.04. The molecule has 0 bridgehead atoms. The van der Waals surface area contributed by atoms with Gasteiger partial charge in [0.15, 0.2) is 0 Å². The highest BCUT2D eigenvalue weighted by atomic mass is 19.3. The van der Waals surface area contributed by atoms with Crippen LogP contribution in [0.4, 0.5) is 18.9 Å². The van der Waals surface area contributed by atoms with Crippen LogP contribution in [0.5, 0.6) is 0 Å². The number of hydrogen-bond donors (Lipinski definition) is 1. The molecular formula is C19H14F3N3. The highest BCUT2D eigenvalue weighted by Crippen LogP contribution is 2.26. The van der Waals surface area contributed by atoms with Gasteiger partial charge in [0.2, 0.25) is 0 Å². The third-order valence-electron chi connectivity index (χ3n) is 3.52. The molecule has 0 unspecified atom stereocenters. The molecular weight excluding hydrogens is 327 g/mol. The molecule has 0 amide bonds. The topological polar surface area (TPSA) is 29.9 Å². The van der Waals surface area contributed by atoms with Crippen molar-refractivity contribution in [2.45, 2.75) is 6.55 Å². The molecule has 0 saturated carbocycles. The Labute approximate surface area is 142 Å². The van der Waals surface area contributed by atoms with Gasteiger partial charge in [-0.05, 0) is 30.3 Å². The van der Waals surface area contributed by atoms with Crippen molar-refractivity contribution in [3.63, 3.8) is 0 Å². The first-order chi connectivity index (χ1) is 12.1. The Kier molecular flexibility index (Phi) is 4.75. The van der Waals surface area contributed by atoms with Crippen molar-refractivity contribution < 1.29 is 13.2 Å². The summed E-state index contributed by atoms with van der Waals surface area (Å²) in [6.07, 6.45) is 4.45. The van der Waals surface area contributed by atoms with Crippen molar-refractivity contribution in [1.82, 2.24) is 9.55 Å². The minimum absolute atomic E-state index is 0.155. The summed E-state index contributed by atoms with van der Waals surface area (Å²) in [5.74, 6) is 5.36. The summed E-state index contributed by atoms with van der Waals surface area (Å²) in [5.41, 5.74) is 1.86. The van der Waals surface area contributed by atoms with Crippen molar-refractivity contribution in [3.05, 3.63) is 72.3 Å². The van der Waals surface area contributed by atoms with Crippen molar-refractivity contribution in [3.8, 4) is 11.8 Å². The largest absolute Gasteiger partial charge is 0.380 e. The van der Waals surface area contributed by atoms with E-state index in [1.54, 1.807) is 12.1 Å². The van der Waals surface area contributed by atoms with E-state index in [2.05, 4.69) is 28.7 Å². The Morgan fingerprint density at radius 3 is 2.68 bits per heavy atom. The third kappa shape index (κ3) is 3.66. The molecule has 0 aliphatic rings. The van der Waals surface area contributed by atoms with E-state index in [-0.39, 0.29) is 11.5 Å². The highest BCUT2D eigenvalue weighted by Gasteiger charge is 2.15. The molecule has 0 atom stereocenters. The van der Waals surface area contributed by atoms with Gasteiger partial charge >= 0.3 is 6.55 Å². The second-order valence-corrected chi connectivity index (χ2v) is 5.25. The molecule has 0 aliphatic heterocycles. The van der Waals surface area contributed by atoms with Gasteiger partial charge in [-0.3, -0.25) is 4.57 Å². The third-order valence-corrected chi connectivity index (χ3v) is 3.52. The fourth-order valence-electron chi connectivity index (χ4n) is 2.34. The number of benzene rings is 1. The zero-order chi connectivity index (χ0) is 17.8. The summed E-state index contributed by atoms with van der Waals surface area (Å²) in [6, 6.07) is 7.38. The molecule has 0 aliphatic carbocycles. The van der Waals surface area contributed by atoms with Crippen LogP contribution in [-0.4, -0.2) is 16.1 Å². The quantitative estimate of drug-likeness (QED) is 0.556. The smallest absolute Gasteiger partial charge is 0.320 e. The molecule has 3 nitrogen and oxygen atoms in total. The lowest BCUT2D eigenvalue weighted by Crippen LogP contribution is -2.00. The van der Waals surface area contributed by atoms with Gasteiger partial charge in [-0.2, -0.15) is 8.78 Å². The van der Waals surface area contributed by atoms with Crippen molar-refractivity contribution in [1.29, 1.82) is 0 Å². The van der Waals surface area contributed by atoms with E-state index in [0.717, 1.165) is 4.57 Å². The molecule has 0 saturated heterocycles. The number of hydrogen-bond acceptors (Lipinski definition) is 2. The molecule has 1 aromatic carbocycles. The predicted octanol–water partition coefficient (Wildman–Crippen LogP) is 4.57. The minimum Gasteiger partial charge on any atom is -0.380 e. The Hall–Kier alpha value is -3.20. The number of pyridine rings is 1. The first-order valence-electron chi connectivity index (χ1n) is 7.49. The zero-order valence-corrected chi connectivity index (χ0v) is 13.1. The van der Waals surface area contributed by atoms with Crippen LogP contribution >= 0.6 is 0 Å². The van der Waals surface area contributed by atoms with E-state index in [1.807, 2.05) is 0 Å². The number of rotatable bonds is 4. The molecule has 3 rings (SSSR count). The molecule has 25 heavy (non-hydrogen) atoms. The van der Waals surface area contributed by atoms with Gasteiger partial charge in [-0.15, -0.1) is 6.58 Å². The molecule has 2 aromatic heterocycles. The maximum atomic E-state index is 13.2. The van der Waals surface area contributed by atoms with E-state index < -0.39 is 6.55 Å². The Bertz CT molecular complexity index is 963. The molecule has 0 fully saturated rings. The van der Waals surface area contributed by atoms with Crippen LogP contribution in [-0.2, 0) is 0 Å². The van der Waals surface area contributed by atoms with Crippen LogP contribution in [0.25, 0.3) is 11.0 Å². The average Bonchev–Trinajstić information content (AvgIpc) is 2.98. The van der Waals surface area contributed by atoms with E-state index in [9.17, 15) is 13.2 Å². The molecule has 6 heteroatoms. The summed E-state index contributed by atoms with van der Waals surface area (Å²) in [6.45, 7) is 1.42. The summed E-state index contributed by atoms with van der Waals surface area (Å²) in [5, 5.41) is 3.58. The van der Waals surface area contributed by atoms with Crippen molar-refractivity contribution in [2.75, 3.05) is 11.9 Å². The number of fused-ring (bicyclic) bond motifs is 1. The molecule has 2 heterocycles. The number of aromatic nitrogens is 2. The molecule has 0 radical (unpaired) electrons. The SMILES string of the molecule is C=CCNc1cnc2c(c1)c(C#Cc1ccc(F)cc1)cn2C(F)F. The second kappa shape index (κ2) is 7.14. The van der Waals surface area contributed by atoms with Crippen molar-refractivity contribution >= 4 is 16.7 Å². The van der Waals surface area contributed by atoms with Crippen LogP contribution in [0.2, 0.25) is 0 Å². The number of nitrogens with zero attached hydrogens (tertiary/aromatic N) is 2. The van der Waals surface area contributed by atoms with Crippen LogP contribution < -0.4 is 5.32 Å². The van der Waals surface area contributed by atoms with Crippen LogP contribution in [0.1, 0.15) is 17.7 Å². The first-order valence-corrected chi connectivity index (χ1v) is 7.49. The maximum Gasteiger partial charge on any atom is 0.320 e. The second-order valence-electron chi connectivity index (χ2n) is 5.25. The minimum atomic E-state index is -2.72. The van der Waals surface area contributed by atoms with Gasteiger partial charge in [0.25, 0.3) is 0 Å². The Morgan fingerprint density at radius 2 is 2.00 bits per heavy atom. The van der Waals surface area contributed by atoms with E-state index in [0.29, 0.717) is 28.7 Å². The molecule has 0 spiro atoms. The number of anilines is 1. The van der Waals surface area contributed by atoms with Crippen molar-refractivity contribution in [2.24, 2.45) is 0 Å². The lowest BCUT2D eigenvalue weighted by molar-refractivity contribution is 0.0746. The first kappa shape index (κ1) is 16.7. The summed E-state index contributed by atoms with van der Waals surface area (Å²) in [7, 11) is 0. The van der Waals surface area contributed by atoms with Gasteiger partial charge in [0.1, 0.15) is 11.5 Å². The predicted molar refractivity (Wildman–Crippen MR) is 92.1 cm³/mol. The monoisotopic (exact) mass is 341 g/mol. The van der Waals surface area contributed by atoms with E-state index in [1.165, 1.54) is 36.7 Å². The van der Waals surface area contributed by atoms with Crippen LogP contribution in [0.15, 0.2) is 55.4 Å². The van der Waals surface area contributed by atoms with E-state index >= 15 is 0 Å². The Balaban J connectivity index is 2.06. The zero-order valence-electron chi connectivity index (χ0n) is 13.1. The summed E-state index contributed by atoms with van der Waals surface area (Å²) < 4.78 is 40.2. The van der Waals surface area contributed by atoms with Crippen LogP contribution in [0.3, 0.4) is 0 Å². The van der Waals surface area contributed by atoms with Crippen LogP contribution in [0, 0.1) is 17.7 Å². The van der Waals surface area contributed by atoms with E-state index in [4.69, 9.17) is 0 Å². The number of alkyl halides is 2. The van der Waals surface area contributed by atoms with Gasteiger partial charge in [0, 0.05) is 23.7 Å².